The Hall–Kier alpha value is -1.44. The molecule has 0 atom stereocenters. The summed E-state index contributed by atoms with van der Waals surface area (Å²) in [7, 11) is 0. The summed E-state index contributed by atoms with van der Waals surface area (Å²) < 4.78 is 80.8. The van der Waals surface area contributed by atoms with Gasteiger partial charge in [-0.05, 0) is 17.7 Å². The highest BCUT2D eigenvalue weighted by molar-refractivity contribution is 5.43. The number of hydrogen-bond acceptors (Lipinski definition) is 2. The Morgan fingerprint density at radius 2 is 1.61 bits per heavy atom. The number of fused-ring (bicyclic) bond motifs is 1. The molecule has 1 aliphatic heterocycles. The van der Waals surface area contributed by atoms with E-state index < -0.39 is 35.9 Å². The van der Waals surface area contributed by atoms with Crippen LogP contribution in [0, 0.1) is 0 Å². The van der Waals surface area contributed by atoms with Crippen LogP contribution in [-0.2, 0) is 16.9 Å². The highest BCUT2D eigenvalue weighted by Crippen LogP contribution is 2.57. The van der Waals surface area contributed by atoms with E-state index in [1.54, 1.807) is 0 Å². The van der Waals surface area contributed by atoms with E-state index in [0.717, 1.165) is 12.1 Å². The maximum Gasteiger partial charge on any atom is 0.430 e. The standard InChI is InChI=1S/C10H6F6O2/c11-9(12,13)8(10(14,15)16)7-3-6(17)2-1-5(7)4-18-8/h1-3,17H,4H2. The summed E-state index contributed by atoms with van der Waals surface area (Å²) in [5.41, 5.74) is -5.72. The predicted octanol–water partition coefficient (Wildman–Crippen LogP) is 3.24. The average molecular weight is 272 g/mol. The first kappa shape index (κ1) is 13.0. The van der Waals surface area contributed by atoms with Gasteiger partial charge in [0.1, 0.15) is 5.75 Å². The van der Waals surface area contributed by atoms with E-state index in [4.69, 9.17) is 5.11 Å². The summed E-state index contributed by atoms with van der Waals surface area (Å²) in [6.45, 7) is -0.811. The summed E-state index contributed by atoms with van der Waals surface area (Å²) in [5.74, 6) is -0.683. The van der Waals surface area contributed by atoms with E-state index in [1.807, 2.05) is 0 Å². The lowest BCUT2D eigenvalue weighted by Crippen LogP contribution is -2.53. The molecule has 0 aromatic heterocycles. The molecule has 0 fully saturated rings. The fourth-order valence-corrected chi connectivity index (χ4v) is 1.91. The van der Waals surface area contributed by atoms with Gasteiger partial charge in [0.05, 0.1) is 6.61 Å². The molecule has 0 spiro atoms. The second-order valence-electron chi connectivity index (χ2n) is 3.81. The molecule has 2 nitrogen and oxygen atoms in total. The Kier molecular flexibility index (Phi) is 2.55. The molecule has 1 heterocycles. The number of ether oxygens (including phenoxy) is 1. The fraction of sp³-hybridized carbons (Fsp3) is 0.400. The Bertz CT molecular complexity index is 462. The van der Waals surface area contributed by atoms with Crippen molar-refractivity contribution in [2.24, 2.45) is 0 Å². The monoisotopic (exact) mass is 272 g/mol. The molecule has 1 aromatic carbocycles. The first-order valence-corrected chi connectivity index (χ1v) is 4.69. The molecule has 0 bridgehead atoms. The van der Waals surface area contributed by atoms with Crippen LogP contribution >= 0.6 is 0 Å². The molecule has 1 aromatic rings. The minimum atomic E-state index is -5.66. The van der Waals surface area contributed by atoms with Gasteiger partial charge in [-0.2, -0.15) is 26.3 Å². The number of aromatic hydroxyl groups is 1. The molecule has 0 saturated carbocycles. The predicted molar refractivity (Wildman–Crippen MR) is 46.7 cm³/mol. The van der Waals surface area contributed by atoms with Gasteiger partial charge in [-0.25, -0.2) is 0 Å². The largest absolute Gasteiger partial charge is 0.508 e. The minimum Gasteiger partial charge on any atom is -0.508 e. The first-order valence-electron chi connectivity index (χ1n) is 4.69. The van der Waals surface area contributed by atoms with Crippen molar-refractivity contribution in [2.75, 3.05) is 0 Å². The summed E-state index contributed by atoms with van der Waals surface area (Å²) in [5, 5.41) is 9.07. The van der Waals surface area contributed by atoms with Gasteiger partial charge >= 0.3 is 12.4 Å². The van der Waals surface area contributed by atoms with Gasteiger partial charge in [0.15, 0.2) is 0 Å². The summed E-state index contributed by atoms with van der Waals surface area (Å²) >= 11 is 0. The molecule has 8 heteroatoms. The Balaban J connectivity index is 2.72. The lowest BCUT2D eigenvalue weighted by molar-refractivity contribution is -0.385. The second kappa shape index (κ2) is 3.53. The van der Waals surface area contributed by atoms with E-state index in [-0.39, 0.29) is 5.56 Å². The number of hydrogen-bond donors (Lipinski definition) is 1. The molecule has 100 valence electrons. The number of phenols is 1. The number of rotatable bonds is 0. The van der Waals surface area contributed by atoms with Crippen molar-refractivity contribution >= 4 is 0 Å². The highest BCUT2D eigenvalue weighted by Gasteiger charge is 2.75. The van der Waals surface area contributed by atoms with Crippen molar-refractivity contribution in [3.05, 3.63) is 29.3 Å². The zero-order valence-electron chi connectivity index (χ0n) is 8.56. The molecule has 1 aliphatic rings. The van der Waals surface area contributed by atoms with Crippen LogP contribution < -0.4 is 0 Å². The molecule has 0 saturated heterocycles. The van der Waals surface area contributed by atoms with Gasteiger partial charge in [0.25, 0.3) is 5.60 Å². The van der Waals surface area contributed by atoms with Crippen molar-refractivity contribution in [2.45, 2.75) is 24.6 Å². The van der Waals surface area contributed by atoms with E-state index in [0.29, 0.717) is 6.07 Å². The Morgan fingerprint density at radius 3 is 2.11 bits per heavy atom. The lowest BCUT2D eigenvalue weighted by atomic mass is 9.90. The molecule has 0 aliphatic carbocycles. The van der Waals surface area contributed by atoms with Gasteiger partial charge in [-0.3, -0.25) is 0 Å². The molecule has 2 rings (SSSR count). The van der Waals surface area contributed by atoms with Crippen molar-refractivity contribution < 1.29 is 36.2 Å². The van der Waals surface area contributed by atoms with E-state index in [2.05, 4.69) is 4.74 Å². The zero-order chi connectivity index (χ0) is 13.8. The van der Waals surface area contributed by atoms with E-state index >= 15 is 0 Å². The summed E-state index contributed by atoms with van der Waals surface area (Å²) in [4.78, 5) is 0. The normalized spacial score (nSPS) is 18.8. The highest BCUT2D eigenvalue weighted by atomic mass is 19.4. The summed E-state index contributed by atoms with van der Waals surface area (Å²) in [6.07, 6.45) is -11.3. The van der Waals surface area contributed by atoms with Gasteiger partial charge in [0, 0.05) is 5.56 Å². The van der Waals surface area contributed by atoms with E-state index in [9.17, 15) is 26.3 Å². The average Bonchev–Trinajstić information content (AvgIpc) is 2.54. The van der Waals surface area contributed by atoms with Crippen LogP contribution in [0.15, 0.2) is 18.2 Å². The van der Waals surface area contributed by atoms with Gasteiger partial charge in [-0.1, -0.05) is 6.07 Å². The van der Waals surface area contributed by atoms with Gasteiger partial charge in [-0.15, -0.1) is 0 Å². The quantitative estimate of drug-likeness (QED) is 0.735. The number of phenolic OH excluding ortho intramolecular Hbond substituents is 1. The van der Waals surface area contributed by atoms with Gasteiger partial charge in [0.2, 0.25) is 0 Å². The van der Waals surface area contributed by atoms with Crippen molar-refractivity contribution in [1.82, 2.24) is 0 Å². The molecule has 0 radical (unpaired) electrons. The van der Waals surface area contributed by atoms with Crippen molar-refractivity contribution in [3.8, 4) is 5.75 Å². The molecule has 0 amide bonds. The summed E-state index contributed by atoms with van der Waals surface area (Å²) in [6, 6.07) is 2.41. The van der Waals surface area contributed by atoms with Crippen LogP contribution in [0.25, 0.3) is 0 Å². The molecule has 1 N–H and O–H groups in total. The number of halogens is 6. The smallest absolute Gasteiger partial charge is 0.430 e. The fourth-order valence-electron chi connectivity index (χ4n) is 1.91. The third-order valence-corrected chi connectivity index (χ3v) is 2.72. The van der Waals surface area contributed by atoms with Crippen LogP contribution in [0.3, 0.4) is 0 Å². The van der Waals surface area contributed by atoms with Crippen LogP contribution in [0.1, 0.15) is 11.1 Å². The van der Waals surface area contributed by atoms with E-state index in [1.165, 1.54) is 0 Å². The third-order valence-electron chi connectivity index (χ3n) is 2.72. The SMILES string of the molecule is Oc1ccc2c(c1)C(C(F)(F)F)(C(F)(F)F)OC2. The number of alkyl halides is 6. The molecular weight excluding hydrogens is 266 g/mol. The van der Waals surface area contributed by atoms with Crippen LogP contribution in [0.2, 0.25) is 0 Å². The Morgan fingerprint density at radius 1 is 1.06 bits per heavy atom. The molecule has 0 unspecified atom stereocenters. The van der Waals surface area contributed by atoms with Crippen LogP contribution in [0.5, 0.6) is 5.75 Å². The topological polar surface area (TPSA) is 29.5 Å². The van der Waals surface area contributed by atoms with Crippen molar-refractivity contribution in [3.63, 3.8) is 0 Å². The van der Waals surface area contributed by atoms with Crippen molar-refractivity contribution in [1.29, 1.82) is 0 Å². The zero-order valence-corrected chi connectivity index (χ0v) is 8.56. The maximum atomic E-state index is 12.8. The third kappa shape index (κ3) is 1.55. The minimum absolute atomic E-state index is 0.248. The maximum absolute atomic E-state index is 12.8. The van der Waals surface area contributed by atoms with Crippen LogP contribution in [-0.4, -0.2) is 17.5 Å². The Labute approximate surface area is 96.8 Å². The first-order chi connectivity index (χ1) is 8.09. The molecule has 18 heavy (non-hydrogen) atoms. The second-order valence-corrected chi connectivity index (χ2v) is 3.81. The lowest BCUT2D eigenvalue weighted by Gasteiger charge is -2.33. The van der Waals surface area contributed by atoms with Crippen LogP contribution in [0.4, 0.5) is 26.3 Å². The number of benzene rings is 1. The van der Waals surface area contributed by atoms with Gasteiger partial charge < -0.3 is 9.84 Å². The molecular formula is C10H6F6O2.